The lowest BCUT2D eigenvalue weighted by atomic mass is 9.94. The first-order chi connectivity index (χ1) is 9.63. The zero-order chi connectivity index (χ0) is 14.4. The Morgan fingerprint density at radius 2 is 2.25 bits per heavy atom. The molecule has 20 heavy (non-hydrogen) atoms. The fraction of sp³-hybridized carbons (Fsp3) is 0.562. The van der Waals surface area contributed by atoms with E-state index in [1.165, 1.54) is 6.08 Å². The summed E-state index contributed by atoms with van der Waals surface area (Å²) in [5.41, 5.74) is 1.11. The molecule has 1 heterocycles. The molecule has 1 fully saturated rings. The molecule has 0 aromatic heterocycles. The number of ether oxygens (including phenoxy) is 3. The quantitative estimate of drug-likeness (QED) is 0.451. The van der Waals surface area contributed by atoms with Crippen molar-refractivity contribution in [3.8, 4) is 11.8 Å². The average molecular weight is 276 g/mol. The van der Waals surface area contributed by atoms with E-state index in [9.17, 15) is 4.79 Å². The van der Waals surface area contributed by atoms with E-state index in [1.54, 1.807) is 19.9 Å². The fourth-order valence-corrected chi connectivity index (χ4v) is 2.36. The predicted molar refractivity (Wildman–Crippen MR) is 74.7 cm³/mol. The van der Waals surface area contributed by atoms with Gasteiger partial charge in [0.15, 0.2) is 11.9 Å². The summed E-state index contributed by atoms with van der Waals surface area (Å²) in [5.74, 6) is 4.71. The summed E-state index contributed by atoms with van der Waals surface area (Å²) in [4.78, 5) is 11.6. The number of allylic oxidation sites excluding steroid dienone is 2. The highest BCUT2D eigenvalue weighted by atomic mass is 16.7. The van der Waals surface area contributed by atoms with Crippen molar-refractivity contribution >= 4 is 5.97 Å². The number of esters is 1. The van der Waals surface area contributed by atoms with Crippen LogP contribution in [0.4, 0.5) is 0 Å². The van der Waals surface area contributed by atoms with Crippen LogP contribution >= 0.6 is 0 Å². The normalized spacial score (nSPS) is 22.2. The minimum atomic E-state index is -0.414. The maximum Gasteiger partial charge on any atom is 0.331 e. The van der Waals surface area contributed by atoms with E-state index in [1.807, 2.05) is 0 Å². The smallest absolute Gasteiger partial charge is 0.331 e. The van der Waals surface area contributed by atoms with Crippen LogP contribution in [-0.4, -0.2) is 31.1 Å². The molecule has 0 amide bonds. The van der Waals surface area contributed by atoms with Gasteiger partial charge in [-0.25, -0.2) is 4.79 Å². The van der Waals surface area contributed by atoms with Crippen LogP contribution in [0.2, 0.25) is 0 Å². The first kappa shape index (κ1) is 14.8. The SMILES string of the molecule is CC#CC(C)OC(=O)/C=C/C1=CCC2(CC1)OCCO2. The van der Waals surface area contributed by atoms with Crippen LogP contribution in [-0.2, 0) is 19.0 Å². The molecule has 0 aromatic carbocycles. The average Bonchev–Trinajstić information content (AvgIpc) is 2.87. The Kier molecular flexibility index (Phi) is 4.99. The molecule has 1 aliphatic heterocycles. The number of hydrogen-bond donors (Lipinski definition) is 0. The Morgan fingerprint density at radius 1 is 1.50 bits per heavy atom. The Bertz CT molecular complexity index is 472. The number of carbonyl (C=O) groups excluding carboxylic acids is 1. The minimum Gasteiger partial charge on any atom is -0.446 e. The lowest BCUT2D eigenvalue weighted by Crippen LogP contribution is -2.31. The highest BCUT2D eigenvalue weighted by Gasteiger charge is 2.37. The van der Waals surface area contributed by atoms with Gasteiger partial charge in [-0.05, 0) is 20.3 Å². The van der Waals surface area contributed by atoms with Gasteiger partial charge < -0.3 is 14.2 Å². The van der Waals surface area contributed by atoms with Crippen LogP contribution in [0.1, 0.15) is 33.1 Å². The van der Waals surface area contributed by atoms with Crippen molar-refractivity contribution in [3.05, 3.63) is 23.8 Å². The fourth-order valence-electron chi connectivity index (χ4n) is 2.36. The number of hydrogen-bond acceptors (Lipinski definition) is 4. The summed E-state index contributed by atoms with van der Waals surface area (Å²) >= 11 is 0. The number of rotatable bonds is 3. The van der Waals surface area contributed by atoms with Gasteiger partial charge in [-0.15, -0.1) is 5.92 Å². The summed E-state index contributed by atoms with van der Waals surface area (Å²) in [6, 6.07) is 0. The minimum absolute atomic E-state index is 0.366. The second-order valence-electron chi connectivity index (χ2n) is 4.90. The molecule has 1 spiro atoms. The third-order valence-corrected chi connectivity index (χ3v) is 3.36. The Morgan fingerprint density at radius 3 is 2.85 bits per heavy atom. The molecule has 1 atom stereocenters. The summed E-state index contributed by atoms with van der Waals surface area (Å²) in [6.45, 7) is 4.81. The van der Waals surface area contributed by atoms with Gasteiger partial charge >= 0.3 is 5.97 Å². The highest BCUT2D eigenvalue weighted by molar-refractivity contribution is 5.82. The standard InChI is InChI=1S/C16H20O4/c1-3-4-13(2)20-15(17)6-5-14-7-9-16(10-8-14)18-11-12-19-16/h5-7,13H,8-12H2,1-2H3/b6-5+. The van der Waals surface area contributed by atoms with Gasteiger partial charge in [0, 0.05) is 18.9 Å². The maximum absolute atomic E-state index is 11.6. The monoisotopic (exact) mass is 276 g/mol. The van der Waals surface area contributed by atoms with E-state index >= 15 is 0 Å². The Labute approximate surface area is 119 Å². The molecule has 1 saturated heterocycles. The summed E-state index contributed by atoms with van der Waals surface area (Å²) in [7, 11) is 0. The highest BCUT2D eigenvalue weighted by Crippen LogP contribution is 2.35. The van der Waals surface area contributed by atoms with Crippen molar-refractivity contribution in [2.45, 2.75) is 45.0 Å². The van der Waals surface area contributed by atoms with Crippen LogP contribution in [0.5, 0.6) is 0 Å². The van der Waals surface area contributed by atoms with Crippen LogP contribution in [0.15, 0.2) is 23.8 Å². The van der Waals surface area contributed by atoms with Gasteiger partial charge in [0.05, 0.1) is 13.2 Å². The molecule has 0 radical (unpaired) electrons. The first-order valence-electron chi connectivity index (χ1n) is 6.91. The van der Waals surface area contributed by atoms with Gasteiger partial charge in [0.1, 0.15) is 0 Å². The summed E-state index contributed by atoms with van der Waals surface area (Å²) < 4.78 is 16.4. The van der Waals surface area contributed by atoms with Crippen LogP contribution < -0.4 is 0 Å². The molecule has 4 heteroatoms. The second kappa shape index (κ2) is 6.74. The third kappa shape index (κ3) is 3.96. The second-order valence-corrected chi connectivity index (χ2v) is 4.90. The first-order valence-corrected chi connectivity index (χ1v) is 6.91. The van der Waals surface area contributed by atoms with Gasteiger partial charge in [-0.1, -0.05) is 23.6 Å². The van der Waals surface area contributed by atoms with E-state index < -0.39 is 5.79 Å². The van der Waals surface area contributed by atoms with E-state index in [0.717, 1.165) is 24.8 Å². The molecule has 0 bridgehead atoms. The molecule has 0 aromatic rings. The van der Waals surface area contributed by atoms with E-state index in [-0.39, 0.29) is 12.1 Å². The maximum atomic E-state index is 11.6. The lowest BCUT2D eigenvalue weighted by molar-refractivity contribution is -0.161. The van der Waals surface area contributed by atoms with Gasteiger partial charge in [-0.2, -0.15) is 0 Å². The molecule has 2 aliphatic rings. The van der Waals surface area contributed by atoms with Gasteiger partial charge in [0.25, 0.3) is 0 Å². The molecule has 4 nitrogen and oxygen atoms in total. The molecule has 0 N–H and O–H groups in total. The van der Waals surface area contributed by atoms with Crippen molar-refractivity contribution in [1.29, 1.82) is 0 Å². The summed E-state index contributed by atoms with van der Waals surface area (Å²) in [5, 5.41) is 0. The third-order valence-electron chi connectivity index (χ3n) is 3.36. The molecule has 0 saturated carbocycles. The zero-order valence-corrected chi connectivity index (χ0v) is 12.0. The van der Waals surface area contributed by atoms with Crippen LogP contribution in [0.3, 0.4) is 0 Å². The predicted octanol–water partition coefficient (Wildman–Crippen LogP) is 2.35. The molecular formula is C16H20O4. The Hall–Kier alpha value is -1.57. The van der Waals surface area contributed by atoms with Crippen molar-refractivity contribution in [1.82, 2.24) is 0 Å². The molecule has 1 unspecified atom stereocenters. The summed E-state index contributed by atoms with van der Waals surface area (Å²) in [6.07, 6.45) is 7.35. The van der Waals surface area contributed by atoms with Crippen LogP contribution in [0, 0.1) is 11.8 Å². The zero-order valence-electron chi connectivity index (χ0n) is 12.0. The molecule has 2 rings (SSSR count). The topological polar surface area (TPSA) is 44.8 Å². The lowest BCUT2D eigenvalue weighted by Gasteiger charge is -2.29. The Balaban J connectivity index is 1.84. The van der Waals surface area contributed by atoms with E-state index in [0.29, 0.717) is 13.2 Å². The molecule has 108 valence electrons. The van der Waals surface area contributed by atoms with E-state index in [4.69, 9.17) is 14.2 Å². The van der Waals surface area contributed by atoms with Crippen molar-refractivity contribution in [3.63, 3.8) is 0 Å². The van der Waals surface area contributed by atoms with Crippen LogP contribution in [0.25, 0.3) is 0 Å². The molecular weight excluding hydrogens is 256 g/mol. The number of carbonyl (C=O) groups is 1. The van der Waals surface area contributed by atoms with Crippen molar-refractivity contribution in [2.75, 3.05) is 13.2 Å². The van der Waals surface area contributed by atoms with Gasteiger partial charge in [-0.3, -0.25) is 0 Å². The van der Waals surface area contributed by atoms with Gasteiger partial charge in [0.2, 0.25) is 0 Å². The van der Waals surface area contributed by atoms with Crippen molar-refractivity contribution in [2.24, 2.45) is 0 Å². The largest absolute Gasteiger partial charge is 0.446 e. The van der Waals surface area contributed by atoms with Crippen molar-refractivity contribution < 1.29 is 19.0 Å². The van der Waals surface area contributed by atoms with E-state index in [2.05, 4.69) is 17.9 Å². The molecule has 1 aliphatic carbocycles.